The summed E-state index contributed by atoms with van der Waals surface area (Å²) in [6, 6.07) is 9.89. The Kier molecular flexibility index (Phi) is 6.10. The van der Waals surface area contributed by atoms with E-state index in [0.717, 1.165) is 5.56 Å². The maximum Gasteiger partial charge on any atom is 0.310 e. The van der Waals surface area contributed by atoms with Gasteiger partial charge in [0.05, 0.1) is 10.5 Å². The first kappa shape index (κ1) is 24.7. The van der Waals surface area contributed by atoms with E-state index in [4.69, 9.17) is 0 Å². The molecule has 0 fully saturated rings. The Bertz CT molecular complexity index is 1530. The molecule has 1 unspecified atom stereocenters. The number of halogens is 1. The van der Waals surface area contributed by atoms with Crippen molar-refractivity contribution in [2.45, 2.75) is 43.5 Å². The predicted octanol–water partition coefficient (Wildman–Crippen LogP) is 5.02. The van der Waals surface area contributed by atoms with Crippen molar-refractivity contribution >= 4 is 29.1 Å². The first-order valence-corrected chi connectivity index (χ1v) is 12.5. The van der Waals surface area contributed by atoms with Gasteiger partial charge in [0.25, 0.3) is 5.56 Å². The summed E-state index contributed by atoms with van der Waals surface area (Å²) >= 11 is 1.27. The second kappa shape index (κ2) is 9.15. The molecule has 2 aliphatic rings. The fourth-order valence-electron chi connectivity index (χ4n) is 4.89. The summed E-state index contributed by atoms with van der Waals surface area (Å²) in [5.74, 6) is -1.17. The number of nitro groups is 1. The first-order valence-electron chi connectivity index (χ1n) is 11.5. The molecule has 0 saturated heterocycles. The van der Waals surface area contributed by atoms with Crippen molar-refractivity contribution in [3.05, 3.63) is 96.7 Å². The fourth-order valence-corrected chi connectivity index (χ4v) is 5.71. The molecule has 0 amide bonds. The maximum absolute atomic E-state index is 13.4. The van der Waals surface area contributed by atoms with Crippen LogP contribution >= 0.6 is 11.8 Å². The monoisotopic (exact) mass is 522 g/mol. The smallest absolute Gasteiger partial charge is 0.310 e. The number of hydrogen-bond acceptors (Lipinski definition) is 8. The van der Waals surface area contributed by atoms with Crippen LogP contribution in [-0.2, 0) is 10.5 Å². The highest BCUT2D eigenvalue weighted by atomic mass is 32.2. The summed E-state index contributed by atoms with van der Waals surface area (Å²) < 4.78 is 13.2. The van der Waals surface area contributed by atoms with E-state index in [-0.39, 0.29) is 34.8 Å². The summed E-state index contributed by atoms with van der Waals surface area (Å²) in [6.45, 7) is 3.95. The molecule has 2 heterocycles. The van der Waals surface area contributed by atoms with Gasteiger partial charge in [-0.2, -0.15) is 0 Å². The molecule has 1 atom stereocenters. The van der Waals surface area contributed by atoms with E-state index in [1.165, 1.54) is 42.1 Å². The Labute approximate surface area is 215 Å². The average molecular weight is 523 g/mol. The van der Waals surface area contributed by atoms with Crippen molar-refractivity contribution in [1.82, 2.24) is 9.97 Å². The number of thioether (sulfide) groups is 1. The molecule has 5 rings (SSSR count). The normalized spacial score (nSPS) is 18.1. The molecule has 2 aromatic carbocycles. The fraction of sp³-hybridized carbons (Fsp3) is 0.269. The van der Waals surface area contributed by atoms with Gasteiger partial charge < -0.3 is 15.4 Å². The molecule has 3 aromatic rings. The van der Waals surface area contributed by atoms with Crippen molar-refractivity contribution in [3.63, 3.8) is 0 Å². The molecule has 0 saturated carbocycles. The Morgan fingerprint density at radius 3 is 2.62 bits per heavy atom. The first-order chi connectivity index (χ1) is 17.5. The van der Waals surface area contributed by atoms with Crippen LogP contribution in [0.1, 0.15) is 49.3 Å². The van der Waals surface area contributed by atoms with Crippen LogP contribution in [0.4, 0.5) is 15.9 Å². The van der Waals surface area contributed by atoms with E-state index in [9.17, 15) is 29.2 Å². The van der Waals surface area contributed by atoms with Gasteiger partial charge in [0, 0.05) is 35.4 Å². The van der Waals surface area contributed by atoms with Crippen molar-refractivity contribution < 1.29 is 19.2 Å². The Morgan fingerprint density at radius 2 is 1.92 bits per heavy atom. The number of aromatic nitrogens is 2. The number of nitro benzene ring substituents is 1. The summed E-state index contributed by atoms with van der Waals surface area (Å²) in [5.41, 5.74) is 1.05. The van der Waals surface area contributed by atoms with Crippen LogP contribution in [0.5, 0.6) is 5.75 Å². The van der Waals surface area contributed by atoms with Gasteiger partial charge in [-0.3, -0.25) is 19.7 Å². The molecule has 9 nitrogen and oxygen atoms in total. The molecule has 0 bridgehead atoms. The van der Waals surface area contributed by atoms with E-state index >= 15 is 0 Å². The molecular weight excluding hydrogens is 499 g/mol. The molecule has 0 spiro atoms. The summed E-state index contributed by atoms with van der Waals surface area (Å²) in [7, 11) is 0. The molecule has 0 radical (unpaired) electrons. The Hall–Kier alpha value is -3.99. The number of aromatic amines is 1. The minimum absolute atomic E-state index is 0.153. The van der Waals surface area contributed by atoms with Crippen molar-refractivity contribution in [1.29, 1.82) is 0 Å². The van der Waals surface area contributed by atoms with Crippen molar-refractivity contribution in [3.8, 4) is 5.75 Å². The van der Waals surface area contributed by atoms with Crippen LogP contribution in [0.3, 0.4) is 0 Å². The van der Waals surface area contributed by atoms with E-state index < -0.39 is 27.8 Å². The molecule has 3 N–H and O–H groups in total. The number of benzene rings is 2. The number of nitrogens with zero attached hydrogens (tertiary/aromatic N) is 2. The summed E-state index contributed by atoms with van der Waals surface area (Å²) in [4.78, 5) is 44.9. The minimum atomic E-state index is -0.887. The number of carbonyl (C=O) groups excluding carboxylic acids is 1. The number of nitrogens with one attached hydrogen (secondary N) is 2. The number of anilines is 1. The van der Waals surface area contributed by atoms with Crippen LogP contribution in [0.25, 0.3) is 0 Å². The number of carbonyl (C=O) groups is 1. The summed E-state index contributed by atoms with van der Waals surface area (Å²) in [6.07, 6.45) is 0.785. The molecule has 190 valence electrons. The number of allylic oxidation sites excluding steroid dienone is 2. The van der Waals surface area contributed by atoms with E-state index in [2.05, 4.69) is 15.3 Å². The van der Waals surface area contributed by atoms with Crippen LogP contribution in [0.2, 0.25) is 0 Å². The van der Waals surface area contributed by atoms with Crippen LogP contribution in [-0.4, -0.2) is 25.8 Å². The number of phenols is 1. The SMILES string of the molecule is CC1(C)CC(=O)C2=C(C1)Nc1nc(SCc3ccc(F)cc3)[nH]c(=O)c1C2c1ccc(O)c([N+](=O)[O-])c1. The number of phenolic OH excluding ortho intramolecular Hbond substituents is 1. The second-order valence-corrected chi connectivity index (χ2v) is 10.9. The average Bonchev–Trinajstić information content (AvgIpc) is 2.82. The largest absolute Gasteiger partial charge is 0.502 e. The predicted molar refractivity (Wildman–Crippen MR) is 136 cm³/mol. The highest BCUT2D eigenvalue weighted by Crippen LogP contribution is 2.48. The number of fused-ring (bicyclic) bond motifs is 1. The quantitative estimate of drug-likeness (QED) is 0.184. The molecule has 1 aliphatic heterocycles. The van der Waals surface area contributed by atoms with Gasteiger partial charge in [-0.1, -0.05) is 43.8 Å². The summed E-state index contributed by atoms with van der Waals surface area (Å²) in [5, 5.41) is 25.0. The van der Waals surface area contributed by atoms with Gasteiger partial charge in [-0.15, -0.1) is 0 Å². The number of ketones is 1. The van der Waals surface area contributed by atoms with Gasteiger partial charge in [0.15, 0.2) is 16.7 Å². The second-order valence-electron chi connectivity index (χ2n) is 9.94. The van der Waals surface area contributed by atoms with Gasteiger partial charge in [-0.25, -0.2) is 9.37 Å². The number of H-pyrrole nitrogens is 1. The molecular formula is C26H23FN4O5S. The minimum Gasteiger partial charge on any atom is -0.502 e. The number of hydrogen-bond donors (Lipinski definition) is 3. The lowest BCUT2D eigenvalue weighted by molar-refractivity contribution is -0.385. The highest BCUT2D eigenvalue weighted by Gasteiger charge is 2.42. The van der Waals surface area contributed by atoms with Gasteiger partial charge in [0.1, 0.15) is 11.6 Å². The Morgan fingerprint density at radius 1 is 1.19 bits per heavy atom. The van der Waals surface area contributed by atoms with Crippen molar-refractivity contribution in [2.75, 3.05) is 5.32 Å². The third-order valence-corrected chi connectivity index (χ3v) is 7.46. The van der Waals surface area contributed by atoms with Crippen molar-refractivity contribution in [2.24, 2.45) is 5.41 Å². The molecule has 37 heavy (non-hydrogen) atoms. The van der Waals surface area contributed by atoms with E-state index in [0.29, 0.717) is 34.2 Å². The lowest BCUT2D eigenvalue weighted by Gasteiger charge is -2.38. The van der Waals surface area contributed by atoms with Gasteiger partial charge in [-0.05, 0) is 41.2 Å². The third-order valence-electron chi connectivity index (χ3n) is 6.52. The lowest BCUT2D eigenvalue weighted by atomic mass is 9.69. The molecule has 11 heteroatoms. The van der Waals surface area contributed by atoms with E-state index in [1.807, 2.05) is 13.8 Å². The van der Waals surface area contributed by atoms with Crippen LogP contribution in [0, 0.1) is 21.3 Å². The zero-order chi connectivity index (χ0) is 26.5. The van der Waals surface area contributed by atoms with Crippen LogP contribution in [0.15, 0.2) is 63.7 Å². The van der Waals surface area contributed by atoms with Crippen LogP contribution < -0.4 is 10.9 Å². The number of rotatable bonds is 5. The lowest BCUT2D eigenvalue weighted by Crippen LogP contribution is -2.37. The zero-order valence-electron chi connectivity index (χ0n) is 20.0. The van der Waals surface area contributed by atoms with Gasteiger partial charge in [0.2, 0.25) is 0 Å². The molecule has 1 aromatic heterocycles. The maximum atomic E-state index is 13.4. The standard InChI is InChI=1S/C26H23FN4O5S/c1-26(2)10-16-21(19(33)11-26)20(14-5-8-18(32)17(9-14)31(35)36)22-23(28-16)29-25(30-24(22)34)37-12-13-3-6-15(27)7-4-13/h3-9,20,32H,10-12H2,1-2H3,(H2,28,29,30,34). The highest BCUT2D eigenvalue weighted by molar-refractivity contribution is 7.98. The number of aromatic hydroxyl groups is 1. The molecule has 1 aliphatic carbocycles. The third kappa shape index (κ3) is 4.74. The topological polar surface area (TPSA) is 138 Å². The number of Topliss-reactive ketones (excluding diaryl/α,β-unsaturated/α-hetero) is 1. The Balaban J connectivity index is 1.61. The van der Waals surface area contributed by atoms with E-state index in [1.54, 1.807) is 12.1 Å². The zero-order valence-corrected chi connectivity index (χ0v) is 20.8. The van der Waals surface area contributed by atoms with Gasteiger partial charge >= 0.3 is 5.69 Å².